The Labute approximate surface area is 112 Å². The van der Waals surface area contributed by atoms with Gasteiger partial charge in [0.2, 0.25) is 0 Å². The highest BCUT2D eigenvalue weighted by atomic mass is 32.1. The first-order valence-electron chi connectivity index (χ1n) is 6.10. The van der Waals surface area contributed by atoms with Crippen molar-refractivity contribution in [3.8, 4) is 5.75 Å². The molecule has 2 aromatic rings. The molecule has 18 heavy (non-hydrogen) atoms. The number of hydrogen-bond acceptors (Lipinski definition) is 2. The van der Waals surface area contributed by atoms with Gasteiger partial charge in [0.25, 0.3) is 0 Å². The van der Waals surface area contributed by atoms with E-state index in [1.165, 1.54) is 11.3 Å². The summed E-state index contributed by atoms with van der Waals surface area (Å²) in [6.07, 6.45) is 2.95. The molecule has 3 nitrogen and oxygen atoms in total. The maximum atomic E-state index is 5.35. The van der Waals surface area contributed by atoms with Crippen LogP contribution in [-0.4, -0.2) is 16.7 Å². The van der Waals surface area contributed by atoms with Crippen LogP contribution in [-0.2, 0) is 6.42 Å². The van der Waals surface area contributed by atoms with Gasteiger partial charge in [-0.05, 0) is 43.3 Å². The molecule has 4 heteroatoms. The molecule has 1 heterocycles. The molecule has 0 spiro atoms. The predicted octanol–water partition coefficient (Wildman–Crippen LogP) is 3.73. The molecule has 0 saturated heterocycles. The average Bonchev–Trinajstić information content (AvgIpc) is 2.79. The van der Waals surface area contributed by atoms with E-state index in [1.54, 1.807) is 7.11 Å². The summed E-state index contributed by atoms with van der Waals surface area (Å²) in [5.74, 6) is 0.874. The molecule has 96 valence electrons. The van der Waals surface area contributed by atoms with E-state index in [1.807, 2.05) is 18.3 Å². The second-order valence-corrected chi connectivity index (χ2v) is 4.64. The van der Waals surface area contributed by atoms with Crippen molar-refractivity contribution >= 4 is 12.2 Å². The van der Waals surface area contributed by atoms with Gasteiger partial charge in [-0.25, -0.2) is 0 Å². The number of aromatic nitrogens is 2. The third-order valence-corrected chi connectivity index (χ3v) is 3.55. The minimum absolute atomic E-state index is 0.226. The highest BCUT2D eigenvalue weighted by molar-refractivity contribution is 7.71. The van der Waals surface area contributed by atoms with Crippen LogP contribution in [0.4, 0.5) is 0 Å². The zero-order valence-electron chi connectivity index (χ0n) is 10.9. The van der Waals surface area contributed by atoms with Gasteiger partial charge >= 0.3 is 0 Å². The molecule has 1 N–H and O–H groups in total. The lowest BCUT2D eigenvalue weighted by Gasteiger charge is -2.17. The molecular formula is C14H18N2OS. The van der Waals surface area contributed by atoms with Gasteiger partial charge in [0.05, 0.1) is 13.2 Å². The predicted molar refractivity (Wildman–Crippen MR) is 75.8 cm³/mol. The normalized spacial score (nSPS) is 12.4. The van der Waals surface area contributed by atoms with E-state index >= 15 is 0 Å². The molecule has 2 rings (SSSR count). The van der Waals surface area contributed by atoms with Gasteiger partial charge in [-0.3, -0.25) is 0 Å². The molecule has 0 amide bonds. The summed E-state index contributed by atoms with van der Waals surface area (Å²) in [6.45, 7) is 4.29. The fraction of sp³-hybridized carbons (Fsp3) is 0.357. The van der Waals surface area contributed by atoms with Crippen molar-refractivity contribution in [1.82, 2.24) is 9.55 Å². The highest BCUT2D eigenvalue weighted by Gasteiger charge is 2.12. The number of nitrogens with one attached hydrogen (secondary N) is 1. The van der Waals surface area contributed by atoms with Crippen LogP contribution in [0.5, 0.6) is 5.75 Å². The largest absolute Gasteiger partial charge is 0.497 e. The van der Waals surface area contributed by atoms with Crippen molar-refractivity contribution in [3.05, 3.63) is 46.5 Å². The number of aromatic amines is 1. The Morgan fingerprint density at radius 2 is 2.00 bits per heavy atom. The van der Waals surface area contributed by atoms with Crippen LogP contribution in [0, 0.1) is 4.77 Å². The van der Waals surface area contributed by atoms with Crippen molar-refractivity contribution in [1.29, 1.82) is 0 Å². The van der Waals surface area contributed by atoms with Crippen LogP contribution in [0.3, 0.4) is 0 Å². The van der Waals surface area contributed by atoms with Gasteiger partial charge in [0.15, 0.2) is 4.77 Å². The van der Waals surface area contributed by atoms with Gasteiger partial charge in [-0.15, -0.1) is 0 Å². The fourth-order valence-electron chi connectivity index (χ4n) is 2.14. The minimum atomic E-state index is 0.226. The van der Waals surface area contributed by atoms with E-state index in [4.69, 9.17) is 17.0 Å². The molecule has 1 aromatic heterocycles. The first kappa shape index (κ1) is 12.9. The Morgan fingerprint density at radius 1 is 1.33 bits per heavy atom. The number of benzene rings is 1. The Morgan fingerprint density at radius 3 is 2.56 bits per heavy atom. The first-order valence-corrected chi connectivity index (χ1v) is 6.51. The van der Waals surface area contributed by atoms with E-state index < -0.39 is 0 Å². The lowest BCUT2D eigenvalue weighted by molar-refractivity contribution is 0.414. The maximum absolute atomic E-state index is 5.35. The molecule has 0 saturated carbocycles. The smallest absolute Gasteiger partial charge is 0.177 e. The van der Waals surface area contributed by atoms with Crippen LogP contribution in [0.1, 0.15) is 31.1 Å². The lowest BCUT2D eigenvalue weighted by atomic mass is 10.1. The lowest BCUT2D eigenvalue weighted by Crippen LogP contribution is -2.09. The zero-order valence-corrected chi connectivity index (χ0v) is 11.8. The molecule has 0 aliphatic heterocycles. The molecule has 1 atom stereocenters. The van der Waals surface area contributed by atoms with Crippen LogP contribution in [0.2, 0.25) is 0 Å². The number of hydrogen-bond donors (Lipinski definition) is 1. The number of methoxy groups -OCH3 is 1. The van der Waals surface area contributed by atoms with E-state index in [2.05, 4.69) is 35.5 Å². The molecule has 0 bridgehead atoms. The van der Waals surface area contributed by atoms with Crippen LogP contribution in [0.25, 0.3) is 0 Å². The summed E-state index contributed by atoms with van der Waals surface area (Å²) in [6, 6.07) is 8.35. The Hall–Kier alpha value is -1.55. The standard InChI is InChI=1S/C14H18N2OS/c1-4-12-9-15-14(18)16(12)10(2)11-5-7-13(17-3)8-6-11/h5-10H,4H2,1-3H3,(H,15,18). The summed E-state index contributed by atoms with van der Waals surface area (Å²) >= 11 is 5.35. The highest BCUT2D eigenvalue weighted by Crippen LogP contribution is 2.23. The van der Waals surface area contributed by atoms with Gasteiger partial charge in [0, 0.05) is 11.9 Å². The Balaban J connectivity index is 2.37. The second-order valence-electron chi connectivity index (χ2n) is 4.26. The zero-order chi connectivity index (χ0) is 13.1. The van der Waals surface area contributed by atoms with Crippen LogP contribution < -0.4 is 4.74 Å². The fourth-order valence-corrected chi connectivity index (χ4v) is 2.48. The van der Waals surface area contributed by atoms with Crippen molar-refractivity contribution in [3.63, 3.8) is 0 Å². The molecule has 1 aromatic carbocycles. The number of imidazole rings is 1. The third-order valence-electron chi connectivity index (χ3n) is 3.24. The van der Waals surface area contributed by atoms with Gasteiger partial charge in [0.1, 0.15) is 5.75 Å². The number of rotatable bonds is 4. The number of nitrogens with zero attached hydrogens (tertiary/aromatic N) is 1. The van der Waals surface area contributed by atoms with Crippen molar-refractivity contribution in [2.45, 2.75) is 26.3 Å². The van der Waals surface area contributed by atoms with Crippen molar-refractivity contribution < 1.29 is 4.74 Å². The van der Waals surface area contributed by atoms with Crippen molar-refractivity contribution in [2.75, 3.05) is 7.11 Å². The summed E-state index contributed by atoms with van der Waals surface area (Å²) < 4.78 is 8.11. The Bertz CT molecular complexity index is 568. The summed E-state index contributed by atoms with van der Waals surface area (Å²) in [5.41, 5.74) is 2.45. The Kier molecular flexibility index (Phi) is 3.87. The van der Waals surface area contributed by atoms with Gasteiger partial charge < -0.3 is 14.3 Å². The third kappa shape index (κ3) is 2.34. The van der Waals surface area contributed by atoms with E-state index in [0.29, 0.717) is 0 Å². The van der Waals surface area contributed by atoms with Crippen LogP contribution in [0.15, 0.2) is 30.5 Å². The van der Waals surface area contributed by atoms with E-state index in [0.717, 1.165) is 16.9 Å². The molecule has 0 aliphatic rings. The SMILES string of the molecule is CCc1c[nH]c(=S)n1C(C)c1ccc(OC)cc1. The quantitative estimate of drug-likeness (QED) is 0.851. The average molecular weight is 262 g/mol. The van der Waals surface area contributed by atoms with Crippen LogP contribution >= 0.6 is 12.2 Å². The second kappa shape index (κ2) is 5.40. The molecule has 0 fully saturated rings. The van der Waals surface area contributed by atoms with Crippen molar-refractivity contribution in [2.24, 2.45) is 0 Å². The molecular weight excluding hydrogens is 244 g/mol. The maximum Gasteiger partial charge on any atom is 0.177 e. The minimum Gasteiger partial charge on any atom is -0.497 e. The van der Waals surface area contributed by atoms with Gasteiger partial charge in [-0.1, -0.05) is 19.1 Å². The summed E-state index contributed by atoms with van der Waals surface area (Å²) in [4.78, 5) is 3.11. The number of ether oxygens (including phenoxy) is 1. The number of H-pyrrole nitrogens is 1. The molecule has 1 unspecified atom stereocenters. The van der Waals surface area contributed by atoms with E-state index in [-0.39, 0.29) is 6.04 Å². The summed E-state index contributed by atoms with van der Waals surface area (Å²) in [5, 5.41) is 0. The monoisotopic (exact) mass is 262 g/mol. The first-order chi connectivity index (χ1) is 8.67. The molecule has 0 radical (unpaired) electrons. The number of aryl methyl sites for hydroxylation is 1. The topological polar surface area (TPSA) is 29.9 Å². The molecule has 0 aliphatic carbocycles. The van der Waals surface area contributed by atoms with E-state index in [9.17, 15) is 0 Å². The van der Waals surface area contributed by atoms with Gasteiger partial charge in [-0.2, -0.15) is 0 Å². The summed E-state index contributed by atoms with van der Waals surface area (Å²) in [7, 11) is 1.68.